The molecule has 4 heteroatoms. The van der Waals surface area contributed by atoms with Crippen molar-refractivity contribution in [3.8, 4) is 0 Å². The second-order valence-corrected chi connectivity index (χ2v) is 5.61. The number of fused-ring (bicyclic) bond motifs is 1. The van der Waals surface area contributed by atoms with Crippen LogP contribution in [0, 0.1) is 0 Å². The Bertz CT molecular complexity index is 400. The zero-order valence-corrected chi connectivity index (χ0v) is 10.8. The number of aromatic nitrogens is 2. The van der Waals surface area contributed by atoms with Gasteiger partial charge in [0.05, 0.1) is 0 Å². The number of aryl methyl sites for hydroxylation is 1. The van der Waals surface area contributed by atoms with E-state index in [2.05, 4.69) is 14.9 Å². The maximum Gasteiger partial charge on any atom is 0.135 e. The summed E-state index contributed by atoms with van der Waals surface area (Å²) >= 11 is 6.15. The SMILES string of the molecule is ClC1CCN(c2ncnc3c2CCCC3)CC1. The number of halogens is 1. The monoisotopic (exact) mass is 251 g/mol. The van der Waals surface area contributed by atoms with E-state index >= 15 is 0 Å². The molecule has 0 bridgehead atoms. The highest BCUT2D eigenvalue weighted by molar-refractivity contribution is 6.20. The van der Waals surface area contributed by atoms with Crippen LogP contribution in [0.1, 0.15) is 36.9 Å². The predicted molar refractivity (Wildman–Crippen MR) is 69.8 cm³/mol. The van der Waals surface area contributed by atoms with Crippen LogP contribution in [-0.2, 0) is 12.8 Å². The van der Waals surface area contributed by atoms with Gasteiger partial charge in [0.25, 0.3) is 0 Å². The second kappa shape index (κ2) is 4.81. The van der Waals surface area contributed by atoms with Crippen LogP contribution in [0.4, 0.5) is 5.82 Å². The van der Waals surface area contributed by atoms with Crippen molar-refractivity contribution >= 4 is 17.4 Å². The summed E-state index contributed by atoms with van der Waals surface area (Å²) in [5.74, 6) is 1.18. The van der Waals surface area contributed by atoms with Crippen molar-refractivity contribution in [1.82, 2.24) is 9.97 Å². The molecule has 0 amide bonds. The molecule has 0 spiro atoms. The second-order valence-electron chi connectivity index (χ2n) is 4.99. The van der Waals surface area contributed by atoms with E-state index < -0.39 is 0 Å². The van der Waals surface area contributed by atoms with Gasteiger partial charge in [0.2, 0.25) is 0 Å². The zero-order valence-electron chi connectivity index (χ0n) is 10.0. The first-order valence-electron chi connectivity index (χ1n) is 6.56. The van der Waals surface area contributed by atoms with Crippen molar-refractivity contribution in [2.75, 3.05) is 18.0 Å². The van der Waals surface area contributed by atoms with Gasteiger partial charge in [-0.15, -0.1) is 11.6 Å². The summed E-state index contributed by atoms with van der Waals surface area (Å²) < 4.78 is 0. The number of alkyl halides is 1. The Balaban J connectivity index is 1.87. The lowest BCUT2D eigenvalue weighted by Crippen LogP contribution is -2.35. The molecule has 1 aliphatic carbocycles. The molecule has 0 N–H and O–H groups in total. The standard InChI is InChI=1S/C13H18ClN3/c14-10-5-7-17(8-6-10)13-11-3-1-2-4-12(11)15-9-16-13/h9-10H,1-8H2. The first kappa shape index (κ1) is 11.3. The molecule has 1 aromatic heterocycles. The van der Waals surface area contributed by atoms with Crippen LogP contribution in [0.3, 0.4) is 0 Å². The molecule has 2 aliphatic rings. The summed E-state index contributed by atoms with van der Waals surface area (Å²) in [6, 6.07) is 0. The predicted octanol–water partition coefficient (Wildman–Crippen LogP) is 2.56. The Kier molecular flexibility index (Phi) is 3.19. The summed E-state index contributed by atoms with van der Waals surface area (Å²) in [7, 11) is 0. The summed E-state index contributed by atoms with van der Waals surface area (Å²) in [5.41, 5.74) is 2.67. The lowest BCUT2D eigenvalue weighted by atomic mass is 9.95. The molecule has 1 fully saturated rings. The van der Waals surface area contributed by atoms with Crippen LogP contribution in [-0.4, -0.2) is 28.4 Å². The highest BCUT2D eigenvalue weighted by Gasteiger charge is 2.23. The van der Waals surface area contributed by atoms with Gasteiger partial charge in [0.1, 0.15) is 12.1 Å². The minimum absolute atomic E-state index is 0.351. The summed E-state index contributed by atoms with van der Waals surface area (Å²) in [6.45, 7) is 2.08. The first-order chi connectivity index (χ1) is 8.34. The number of hydrogen-bond donors (Lipinski definition) is 0. The van der Waals surface area contributed by atoms with Crippen LogP contribution in [0.5, 0.6) is 0 Å². The fourth-order valence-corrected chi connectivity index (χ4v) is 3.03. The van der Waals surface area contributed by atoms with E-state index in [1.165, 1.54) is 29.9 Å². The quantitative estimate of drug-likeness (QED) is 0.719. The molecule has 3 rings (SSSR count). The average molecular weight is 252 g/mol. The minimum Gasteiger partial charge on any atom is -0.356 e. The van der Waals surface area contributed by atoms with Gasteiger partial charge in [-0.1, -0.05) is 0 Å². The van der Waals surface area contributed by atoms with E-state index in [1.807, 2.05) is 0 Å². The van der Waals surface area contributed by atoms with E-state index in [9.17, 15) is 0 Å². The third-order valence-corrected chi connectivity index (χ3v) is 4.26. The van der Waals surface area contributed by atoms with Crippen molar-refractivity contribution in [2.24, 2.45) is 0 Å². The number of piperidine rings is 1. The van der Waals surface area contributed by atoms with E-state index in [0.717, 1.165) is 38.8 Å². The van der Waals surface area contributed by atoms with Crippen molar-refractivity contribution in [3.05, 3.63) is 17.6 Å². The van der Waals surface area contributed by atoms with E-state index in [-0.39, 0.29) is 0 Å². The number of nitrogens with zero attached hydrogens (tertiary/aromatic N) is 3. The first-order valence-corrected chi connectivity index (χ1v) is 7.00. The van der Waals surface area contributed by atoms with Crippen molar-refractivity contribution < 1.29 is 0 Å². The van der Waals surface area contributed by atoms with E-state index in [4.69, 9.17) is 11.6 Å². The summed E-state index contributed by atoms with van der Waals surface area (Å²) in [5, 5.41) is 0.351. The molecule has 0 aromatic carbocycles. The van der Waals surface area contributed by atoms with Gasteiger partial charge >= 0.3 is 0 Å². The number of hydrogen-bond acceptors (Lipinski definition) is 3. The smallest absolute Gasteiger partial charge is 0.135 e. The van der Waals surface area contributed by atoms with Gasteiger partial charge < -0.3 is 4.90 Å². The van der Waals surface area contributed by atoms with Crippen molar-refractivity contribution in [1.29, 1.82) is 0 Å². The molecule has 1 aliphatic heterocycles. The molecule has 3 nitrogen and oxygen atoms in total. The minimum atomic E-state index is 0.351. The topological polar surface area (TPSA) is 29.0 Å². The fourth-order valence-electron chi connectivity index (χ4n) is 2.84. The van der Waals surface area contributed by atoms with Gasteiger partial charge in [0, 0.05) is 29.7 Å². The summed E-state index contributed by atoms with van der Waals surface area (Å²) in [6.07, 6.45) is 8.68. The third kappa shape index (κ3) is 2.25. The molecule has 0 atom stereocenters. The highest BCUT2D eigenvalue weighted by Crippen LogP contribution is 2.29. The van der Waals surface area contributed by atoms with Gasteiger partial charge in [-0.2, -0.15) is 0 Å². The molecule has 17 heavy (non-hydrogen) atoms. The fraction of sp³-hybridized carbons (Fsp3) is 0.692. The molecule has 0 unspecified atom stereocenters. The Labute approximate surface area is 107 Å². The van der Waals surface area contributed by atoms with Crippen LogP contribution in [0.15, 0.2) is 6.33 Å². The largest absolute Gasteiger partial charge is 0.356 e. The lowest BCUT2D eigenvalue weighted by Gasteiger charge is -2.32. The third-order valence-electron chi connectivity index (χ3n) is 3.83. The number of rotatable bonds is 1. The lowest BCUT2D eigenvalue weighted by molar-refractivity contribution is 0.572. The zero-order chi connectivity index (χ0) is 11.7. The molecule has 0 radical (unpaired) electrons. The van der Waals surface area contributed by atoms with E-state index in [1.54, 1.807) is 6.33 Å². The van der Waals surface area contributed by atoms with Gasteiger partial charge in [0.15, 0.2) is 0 Å². The molecule has 92 valence electrons. The van der Waals surface area contributed by atoms with Crippen LogP contribution >= 0.6 is 11.6 Å². The Morgan fingerprint density at radius 1 is 1.12 bits per heavy atom. The van der Waals surface area contributed by atoms with E-state index in [0.29, 0.717) is 5.38 Å². The van der Waals surface area contributed by atoms with Gasteiger partial charge in [-0.05, 0) is 38.5 Å². The Hall–Kier alpha value is -0.830. The molecule has 1 aromatic rings. The molecular formula is C13H18ClN3. The Morgan fingerprint density at radius 2 is 1.88 bits per heavy atom. The van der Waals surface area contributed by atoms with Gasteiger partial charge in [-0.3, -0.25) is 0 Å². The molecular weight excluding hydrogens is 234 g/mol. The summed E-state index contributed by atoms with van der Waals surface area (Å²) in [4.78, 5) is 11.3. The van der Waals surface area contributed by atoms with Crippen LogP contribution < -0.4 is 4.90 Å². The van der Waals surface area contributed by atoms with Crippen molar-refractivity contribution in [2.45, 2.75) is 43.9 Å². The molecule has 2 heterocycles. The maximum atomic E-state index is 6.15. The van der Waals surface area contributed by atoms with Crippen LogP contribution in [0.25, 0.3) is 0 Å². The number of anilines is 1. The average Bonchev–Trinajstić information content (AvgIpc) is 2.39. The van der Waals surface area contributed by atoms with Crippen LogP contribution in [0.2, 0.25) is 0 Å². The maximum absolute atomic E-state index is 6.15. The molecule has 1 saturated heterocycles. The van der Waals surface area contributed by atoms with Crippen molar-refractivity contribution in [3.63, 3.8) is 0 Å². The normalized spacial score (nSPS) is 21.4. The van der Waals surface area contributed by atoms with Gasteiger partial charge in [-0.25, -0.2) is 9.97 Å². The molecule has 0 saturated carbocycles. The Morgan fingerprint density at radius 3 is 2.71 bits per heavy atom. The highest BCUT2D eigenvalue weighted by atomic mass is 35.5.